The molecule has 2 heterocycles. The lowest BCUT2D eigenvalue weighted by Gasteiger charge is -2.30. The SMILES string of the molecule is CN(CC(=O)c1ccco1)CC1CCCN1C(=O)OC(C)(C)C. The lowest BCUT2D eigenvalue weighted by atomic mass is 10.2. The summed E-state index contributed by atoms with van der Waals surface area (Å²) in [5.41, 5.74) is -0.495. The lowest BCUT2D eigenvalue weighted by Crippen LogP contribution is -2.45. The minimum Gasteiger partial charge on any atom is -0.461 e. The van der Waals surface area contributed by atoms with E-state index >= 15 is 0 Å². The van der Waals surface area contributed by atoms with Crippen molar-refractivity contribution in [2.75, 3.05) is 26.7 Å². The van der Waals surface area contributed by atoms with Crippen LogP contribution in [0.4, 0.5) is 4.79 Å². The van der Waals surface area contributed by atoms with Crippen LogP contribution in [-0.2, 0) is 4.74 Å². The van der Waals surface area contributed by atoms with Crippen LogP contribution in [0.1, 0.15) is 44.2 Å². The summed E-state index contributed by atoms with van der Waals surface area (Å²) in [6.07, 6.45) is 3.11. The number of Topliss-reactive ketones (excluding diaryl/α,β-unsaturated/α-hetero) is 1. The van der Waals surface area contributed by atoms with Crippen LogP contribution >= 0.6 is 0 Å². The predicted molar refractivity (Wildman–Crippen MR) is 86.5 cm³/mol. The number of hydrogen-bond acceptors (Lipinski definition) is 5. The van der Waals surface area contributed by atoms with E-state index in [9.17, 15) is 9.59 Å². The monoisotopic (exact) mass is 322 g/mol. The van der Waals surface area contributed by atoms with Gasteiger partial charge in [0.05, 0.1) is 12.8 Å². The first-order chi connectivity index (χ1) is 10.8. The Morgan fingerprint density at radius 2 is 2.17 bits per heavy atom. The fourth-order valence-electron chi connectivity index (χ4n) is 2.77. The van der Waals surface area contributed by atoms with Crippen molar-refractivity contribution in [3.05, 3.63) is 24.2 Å². The van der Waals surface area contributed by atoms with Crippen LogP contribution in [0.25, 0.3) is 0 Å². The molecule has 1 aliphatic rings. The second kappa shape index (κ2) is 7.17. The Hall–Kier alpha value is -1.82. The zero-order valence-corrected chi connectivity index (χ0v) is 14.4. The fourth-order valence-corrected chi connectivity index (χ4v) is 2.77. The molecule has 0 aliphatic carbocycles. The molecule has 23 heavy (non-hydrogen) atoms. The highest BCUT2D eigenvalue weighted by Gasteiger charge is 2.33. The van der Waals surface area contributed by atoms with Gasteiger partial charge in [0, 0.05) is 19.1 Å². The third-order valence-corrected chi connectivity index (χ3v) is 3.74. The highest BCUT2D eigenvalue weighted by Crippen LogP contribution is 2.21. The van der Waals surface area contributed by atoms with Gasteiger partial charge in [0.1, 0.15) is 5.60 Å². The molecular weight excluding hydrogens is 296 g/mol. The molecule has 1 aromatic heterocycles. The van der Waals surface area contributed by atoms with Crippen LogP contribution < -0.4 is 0 Å². The third-order valence-electron chi connectivity index (χ3n) is 3.74. The van der Waals surface area contributed by atoms with Crippen molar-refractivity contribution in [3.63, 3.8) is 0 Å². The van der Waals surface area contributed by atoms with Gasteiger partial charge in [-0.05, 0) is 52.8 Å². The number of furan rings is 1. The zero-order chi connectivity index (χ0) is 17.0. The van der Waals surface area contributed by atoms with Crippen molar-refractivity contribution in [3.8, 4) is 0 Å². The molecule has 0 saturated carbocycles. The number of likely N-dealkylation sites (N-methyl/N-ethyl adjacent to an activating group) is 1. The Labute approximate surface area is 137 Å². The van der Waals surface area contributed by atoms with Gasteiger partial charge in [0.2, 0.25) is 5.78 Å². The fraction of sp³-hybridized carbons (Fsp3) is 0.647. The topological polar surface area (TPSA) is 63.0 Å². The van der Waals surface area contributed by atoms with Gasteiger partial charge in [-0.15, -0.1) is 0 Å². The molecule has 6 nitrogen and oxygen atoms in total. The molecule has 1 saturated heterocycles. The molecule has 128 valence electrons. The first-order valence-corrected chi connectivity index (χ1v) is 8.01. The number of ketones is 1. The molecule has 0 N–H and O–H groups in total. The van der Waals surface area contributed by atoms with E-state index in [0.29, 0.717) is 18.8 Å². The van der Waals surface area contributed by atoms with Crippen LogP contribution in [0.3, 0.4) is 0 Å². The van der Waals surface area contributed by atoms with Crippen LogP contribution in [0.15, 0.2) is 22.8 Å². The number of carbonyl (C=O) groups is 2. The first kappa shape index (κ1) is 17.5. The van der Waals surface area contributed by atoms with Gasteiger partial charge in [-0.25, -0.2) is 4.79 Å². The summed E-state index contributed by atoms with van der Waals surface area (Å²) < 4.78 is 10.6. The number of ether oxygens (including phenoxy) is 1. The second-order valence-corrected chi connectivity index (χ2v) is 7.07. The number of hydrogen-bond donors (Lipinski definition) is 0. The highest BCUT2D eigenvalue weighted by molar-refractivity contribution is 5.94. The average molecular weight is 322 g/mol. The Balaban J connectivity index is 1.88. The molecular formula is C17H26N2O4. The predicted octanol–water partition coefficient (Wildman–Crippen LogP) is 2.79. The maximum Gasteiger partial charge on any atom is 0.410 e. The lowest BCUT2D eigenvalue weighted by molar-refractivity contribution is 0.0204. The molecule has 0 bridgehead atoms. The first-order valence-electron chi connectivity index (χ1n) is 8.01. The van der Waals surface area contributed by atoms with Gasteiger partial charge in [-0.2, -0.15) is 0 Å². The van der Waals surface area contributed by atoms with Crippen molar-refractivity contribution in [2.45, 2.75) is 45.3 Å². The van der Waals surface area contributed by atoms with E-state index in [1.807, 2.05) is 32.7 Å². The number of amides is 1. The summed E-state index contributed by atoms with van der Waals surface area (Å²) in [5.74, 6) is 0.312. The molecule has 0 radical (unpaired) electrons. The van der Waals surface area contributed by atoms with Gasteiger partial charge in [0.15, 0.2) is 5.76 Å². The van der Waals surface area contributed by atoms with Gasteiger partial charge in [-0.1, -0.05) is 0 Å². The molecule has 1 aromatic rings. The van der Waals surface area contributed by atoms with E-state index in [1.54, 1.807) is 17.0 Å². The summed E-state index contributed by atoms with van der Waals surface area (Å²) in [7, 11) is 1.88. The number of likely N-dealkylation sites (tertiary alicyclic amines) is 1. The number of carbonyl (C=O) groups excluding carboxylic acids is 2. The van der Waals surface area contributed by atoms with Crippen LogP contribution in [-0.4, -0.2) is 60.0 Å². The molecule has 1 unspecified atom stereocenters. The average Bonchev–Trinajstić information content (AvgIpc) is 3.06. The van der Waals surface area contributed by atoms with Crippen molar-refractivity contribution in [1.29, 1.82) is 0 Å². The second-order valence-electron chi connectivity index (χ2n) is 7.07. The summed E-state index contributed by atoms with van der Waals surface area (Å²) in [5, 5.41) is 0. The Morgan fingerprint density at radius 3 is 2.78 bits per heavy atom. The van der Waals surface area contributed by atoms with Crippen molar-refractivity contribution >= 4 is 11.9 Å². The van der Waals surface area contributed by atoms with Gasteiger partial charge in [-0.3, -0.25) is 9.69 Å². The molecule has 1 aliphatic heterocycles. The summed E-state index contributed by atoms with van der Waals surface area (Å²) in [4.78, 5) is 28.0. The smallest absolute Gasteiger partial charge is 0.410 e. The van der Waals surface area contributed by atoms with Crippen LogP contribution in [0.2, 0.25) is 0 Å². The summed E-state index contributed by atoms with van der Waals surface area (Å²) >= 11 is 0. The van der Waals surface area contributed by atoms with Crippen molar-refractivity contribution in [2.24, 2.45) is 0 Å². The molecule has 1 amide bonds. The van der Waals surface area contributed by atoms with E-state index in [4.69, 9.17) is 9.15 Å². The standard InChI is InChI=1S/C17H26N2O4/c1-17(2,3)23-16(21)19-9-5-7-13(19)11-18(4)12-14(20)15-8-6-10-22-15/h6,8,10,13H,5,7,9,11-12H2,1-4H3. The zero-order valence-electron chi connectivity index (χ0n) is 14.4. The molecule has 2 rings (SSSR count). The van der Waals surface area contributed by atoms with E-state index < -0.39 is 5.60 Å². The number of nitrogens with zero attached hydrogens (tertiary/aromatic N) is 2. The molecule has 6 heteroatoms. The van der Waals surface area contributed by atoms with E-state index in [1.165, 1.54) is 6.26 Å². The van der Waals surface area contributed by atoms with Crippen molar-refractivity contribution in [1.82, 2.24) is 9.80 Å². The van der Waals surface area contributed by atoms with E-state index in [0.717, 1.165) is 12.8 Å². The largest absolute Gasteiger partial charge is 0.461 e. The van der Waals surface area contributed by atoms with Crippen LogP contribution in [0.5, 0.6) is 0 Å². The number of rotatable bonds is 5. The minimum atomic E-state index is -0.495. The maximum absolute atomic E-state index is 12.3. The molecule has 1 fully saturated rings. The minimum absolute atomic E-state index is 0.0562. The Kier molecular flexibility index (Phi) is 5.46. The molecule has 1 atom stereocenters. The Morgan fingerprint density at radius 1 is 1.43 bits per heavy atom. The third kappa shape index (κ3) is 5.10. The van der Waals surface area contributed by atoms with Crippen LogP contribution in [0, 0.1) is 0 Å². The Bertz CT molecular complexity index is 533. The molecule has 0 spiro atoms. The maximum atomic E-state index is 12.3. The van der Waals surface area contributed by atoms with E-state index in [2.05, 4.69) is 0 Å². The summed E-state index contributed by atoms with van der Waals surface area (Å²) in [6.45, 7) is 7.22. The van der Waals surface area contributed by atoms with Gasteiger partial charge >= 0.3 is 6.09 Å². The quantitative estimate of drug-likeness (QED) is 0.780. The van der Waals surface area contributed by atoms with Gasteiger partial charge < -0.3 is 14.1 Å². The summed E-state index contributed by atoms with van der Waals surface area (Å²) in [6, 6.07) is 3.45. The van der Waals surface area contributed by atoms with E-state index in [-0.39, 0.29) is 24.5 Å². The highest BCUT2D eigenvalue weighted by atomic mass is 16.6. The van der Waals surface area contributed by atoms with Gasteiger partial charge in [0.25, 0.3) is 0 Å². The van der Waals surface area contributed by atoms with Crippen molar-refractivity contribution < 1.29 is 18.7 Å². The molecule has 0 aromatic carbocycles. The normalized spacial score (nSPS) is 18.5.